The minimum Gasteiger partial charge on any atom is -0.343 e. The molecule has 0 unspecified atom stereocenters. The van der Waals surface area contributed by atoms with Crippen molar-refractivity contribution >= 4 is 22.8 Å². The summed E-state index contributed by atoms with van der Waals surface area (Å²) in [6.45, 7) is 5.77. The molecule has 0 atom stereocenters. The quantitative estimate of drug-likeness (QED) is 0.550. The molecule has 0 bridgehead atoms. The lowest BCUT2D eigenvalue weighted by Crippen LogP contribution is -2.45. The lowest BCUT2D eigenvalue weighted by Gasteiger charge is -2.36. The summed E-state index contributed by atoms with van der Waals surface area (Å²) in [7, 11) is 0. The fourth-order valence-electron chi connectivity index (χ4n) is 5.61. The fraction of sp³-hybridized carbons (Fsp3) is 0.464. The van der Waals surface area contributed by atoms with Gasteiger partial charge in [0.25, 0.3) is 0 Å². The highest BCUT2D eigenvalue weighted by atomic mass is 16.2. The van der Waals surface area contributed by atoms with Crippen LogP contribution in [-0.4, -0.2) is 50.4 Å². The summed E-state index contributed by atoms with van der Waals surface area (Å²) in [6, 6.07) is 16.1. The number of aryl methyl sites for hydroxylation is 2. The number of rotatable bonds is 6. The van der Waals surface area contributed by atoms with Crippen molar-refractivity contribution < 1.29 is 9.59 Å². The number of fused-ring (bicyclic) bond motifs is 2. The summed E-state index contributed by atoms with van der Waals surface area (Å²) >= 11 is 0. The first-order chi connectivity index (χ1) is 17.1. The van der Waals surface area contributed by atoms with Gasteiger partial charge in [-0.25, -0.2) is 4.79 Å². The van der Waals surface area contributed by atoms with Crippen molar-refractivity contribution in [1.29, 1.82) is 0 Å². The van der Waals surface area contributed by atoms with Gasteiger partial charge in [-0.3, -0.25) is 18.7 Å². The van der Waals surface area contributed by atoms with Crippen LogP contribution < -0.4 is 5.69 Å². The second-order valence-electron chi connectivity index (χ2n) is 9.76. The molecule has 5 rings (SSSR count). The van der Waals surface area contributed by atoms with Gasteiger partial charge >= 0.3 is 5.69 Å². The Kier molecular flexibility index (Phi) is 6.75. The number of piperidine rings is 1. The number of hydrogen-bond acceptors (Lipinski definition) is 3. The Labute approximate surface area is 205 Å². The third kappa shape index (κ3) is 4.64. The van der Waals surface area contributed by atoms with Gasteiger partial charge in [-0.05, 0) is 48.9 Å². The molecule has 1 fully saturated rings. The number of aromatic nitrogens is 2. The molecule has 1 aromatic heterocycles. The number of likely N-dealkylation sites (tertiary alicyclic amines) is 1. The van der Waals surface area contributed by atoms with E-state index >= 15 is 0 Å². The maximum absolute atomic E-state index is 13.1. The number of benzene rings is 2. The Hall–Kier alpha value is -3.35. The van der Waals surface area contributed by atoms with Gasteiger partial charge in [0.2, 0.25) is 11.8 Å². The zero-order chi connectivity index (χ0) is 24.4. The van der Waals surface area contributed by atoms with Crippen LogP contribution in [0.2, 0.25) is 0 Å². The van der Waals surface area contributed by atoms with E-state index in [2.05, 4.69) is 25.1 Å². The SMILES string of the molecule is CCCn1c(=O)n(CCC(=O)N2CCC(C(=O)N3CCc4ccccc4C3)CC2)c2ccccc21. The number of imidazole rings is 1. The summed E-state index contributed by atoms with van der Waals surface area (Å²) in [4.78, 5) is 43.0. The van der Waals surface area contributed by atoms with Crippen molar-refractivity contribution in [3.05, 3.63) is 70.1 Å². The third-order valence-corrected chi connectivity index (χ3v) is 7.56. The maximum atomic E-state index is 13.1. The summed E-state index contributed by atoms with van der Waals surface area (Å²) in [5.74, 6) is 0.267. The van der Waals surface area contributed by atoms with Gasteiger partial charge in [0, 0.05) is 51.6 Å². The molecule has 35 heavy (non-hydrogen) atoms. The molecule has 0 saturated carbocycles. The van der Waals surface area contributed by atoms with Gasteiger partial charge in [0.1, 0.15) is 0 Å². The Morgan fingerprint density at radius 2 is 1.46 bits per heavy atom. The molecule has 1 saturated heterocycles. The number of carbonyl (C=O) groups is 2. The second kappa shape index (κ2) is 10.1. The highest BCUT2D eigenvalue weighted by Gasteiger charge is 2.31. The molecule has 0 radical (unpaired) electrons. The molecule has 184 valence electrons. The first-order valence-electron chi connectivity index (χ1n) is 12.9. The number of carbonyl (C=O) groups excluding carboxylic acids is 2. The molecular formula is C28H34N4O3. The molecular weight excluding hydrogens is 440 g/mol. The Morgan fingerprint density at radius 1 is 0.829 bits per heavy atom. The predicted octanol–water partition coefficient (Wildman–Crippen LogP) is 3.43. The van der Waals surface area contributed by atoms with Crippen molar-refractivity contribution in [2.75, 3.05) is 19.6 Å². The Balaban J connectivity index is 1.17. The van der Waals surface area contributed by atoms with Crippen molar-refractivity contribution in [3.8, 4) is 0 Å². The van der Waals surface area contributed by atoms with E-state index in [1.807, 2.05) is 40.1 Å². The highest BCUT2D eigenvalue weighted by molar-refractivity contribution is 5.81. The normalized spacial score (nSPS) is 16.5. The van der Waals surface area contributed by atoms with E-state index in [9.17, 15) is 14.4 Å². The van der Waals surface area contributed by atoms with E-state index in [0.29, 0.717) is 52.0 Å². The number of nitrogens with zero attached hydrogens (tertiary/aromatic N) is 4. The molecule has 3 heterocycles. The van der Waals surface area contributed by atoms with Crippen LogP contribution in [0.5, 0.6) is 0 Å². The molecule has 2 aromatic carbocycles. The minimum atomic E-state index is -0.0479. The van der Waals surface area contributed by atoms with Crippen molar-refractivity contribution in [2.45, 2.75) is 58.7 Å². The molecule has 7 heteroatoms. The van der Waals surface area contributed by atoms with E-state index in [0.717, 1.165) is 30.4 Å². The summed E-state index contributed by atoms with van der Waals surface area (Å²) in [5, 5.41) is 0. The summed E-state index contributed by atoms with van der Waals surface area (Å²) in [5.41, 5.74) is 4.34. The van der Waals surface area contributed by atoms with Gasteiger partial charge in [0.15, 0.2) is 0 Å². The Morgan fingerprint density at radius 3 is 2.14 bits per heavy atom. The van der Waals surface area contributed by atoms with Gasteiger partial charge in [-0.2, -0.15) is 0 Å². The second-order valence-corrected chi connectivity index (χ2v) is 9.76. The molecule has 0 aliphatic carbocycles. The topological polar surface area (TPSA) is 67.5 Å². The predicted molar refractivity (Wildman–Crippen MR) is 136 cm³/mol. The van der Waals surface area contributed by atoms with Crippen LogP contribution in [0.25, 0.3) is 11.0 Å². The van der Waals surface area contributed by atoms with Crippen molar-refractivity contribution in [3.63, 3.8) is 0 Å². The van der Waals surface area contributed by atoms with Crippen LogP contribution in [0.3, 0.4) is 0 Å². The lowest BCUT2D eigenvalue weighted by atomic mass is 9.93. The number of hydrogen-bond donors (Lipinski definition) is 0. The van der Waals surface area contributed by atoms with Gasteiger partial charge < -0.3 is 9.80 Å². The van der Waals surface area contributed by atoms with Crippen LogP contribution in [0.15, 0.2) is 53.3 Å². The molecule has 7 nitrogen and oxygen atoms in total. The van der Waals surface area contributed by atoms with E-state index in [-0.39, 0.29) is 23.4 Å². The highest BCUT2D eigenvalue weighted by Crippen LogP contribution is 2.25. The van der Waals surface area contributed by atoms with Crippen LogP contribution in [0.4, 0.5) is 0 Å². The third-order valence-electron chi connectivity index (χ3n) is 7.56. The number of para-hydroxylation sites is 2. The maximum Gasteiger partial charge on any atom is 0.329 e. The lowest BCUT2D eigenvalue weighted by molar-refractivity contribution is -0.141. The average Bonchev–Trinajstić information content (AvgIpc) is 3.17. The smallest absolute Gasteiger partial charge is 0.329 e. The van der Waals surface area contributed by atoms with Gasteiger partial charge in [0.05, 0.1) is 11.0 Å². The molecule has 2 aliphatic rings. The largest absolute Gasteiger partial charge is 0.343 e. The molecule has 0 spiro atoms. The average molecular weight is 475 g/mol. The molecule has 3 aromatic rings. The molecule has 0 N–H and O–H groups in total. The molecule has 2 aliphatic heterocycles. The van der Waals surface area contributed by atoms with E-state index in [1.165, 1.54) is 11.1 Å². The van der Waals surface area contributed by atoms with Crippen LogP contribution in [0, 0.1) is 5.92 Å². The Bertz CT molecular complexity index is 1280. The first kappa shape index (κ1) is 23.4. The zero-order valence-corrected chi connectivity index (χ0v) is 20.5. The van der Waals surface area contributed by atoms with Gasteiger partial charge in [-0.15, -0.1) is 0 Å². The van der Waals surface area contributed by atoms with E-state index < -0.39 is 0 Å². The minimum absolute atomic E-state index is 0.0149. The van der Waals surface area contributed by atoms with E-state index in [1.54, 1.807) is 9.13 Å². The summed E-state index contributed by atoms with van der Waals surface area (Å²) < 4.78 is 3.53. The zero-order valence-electron chi connectivity index (χ0n) is 20.5. The van der Waals surface area contributed by atoms with Gasteiger partial charge in [-0.1, -0.05) is 43.3 Å². The van der Waals surface area contributed by atoms with Crippen LogP contribution in [-0.2, 0) is 35.6 Å². The first-order valence-corrected chi connectivity index (χ1v) is 12.9. The van der Waals surface area contributed by atoms with Crippen LogP contribution >= 0.6 is 0 Å². The van der Waals surface area contributed by atoms with Crippen molar-refractivity contribution in [2.24, 2.45) is 5.92 Å². The monoisotopic (exact) mass is 474 g/mol. The standard InChI is InChI=1S/C28H34N4O3/c1-2-15-31-24-9-5-6-10-25(24)32(28(31)35)19-14-26(33)29-16-12-22(13-17-29)27(34)30-18-11-21-7-3-4-8-23(21)20-30/h3-10,22H,2,11-20H2,1H3. The number of amides is 2. The fourth-order valence-corrected chi connectivity index (χ4v) is 5.61. The van der Waals surface area contributed by atoms with Crippen LogP contribution in [0.1, 0.15) is 43.7 Å². The summed E-state index contributed by atoms with van der Waals surface area (Å²) in [6.07, 6.45) is 3.50. The van der Waals surface area contributed by atoms with Crippen molar-refractivity contribution in [1.82, 2.24) is 18.9 Å². The van der Waals surface area contributed by atoms with E-state index in [4.69, 9.17) is 0 Å². The molecule has 2 amide bonds.